The van der Waals surface area contributed by atoms with Crippen LogP contribution in [0.2, 0.25) is 0 Å². The number of rotatable bonds is 4. The van der Waals surface area contributed by atoms with E-state index in [0.717, 1.165) is 11.6 Å². The van der Waals surface area contributed by atoms with Crippen LogP contribution < -0.4 is 10.6 Å². The van der Waals surface area contributed by atoms with Crippen molar-refractivity contribution < 1.29 is 4.52 Å². The molecule has 0 aromatic carbocycles. The fraction of sp³-hybridized carbons (Fsp3) is 0.571. The van der Waals surface area contributed by atoms with E-state index in [4.69, 9.17) is 4.52 Å². The van der Waals surface area contributed by atoms with Crippen LogP contribution in [0.3, 0.4) is 0 Å². The zero-order chi connectivity index (χ0) is 14.5. The molecule has 0 atom stereocenters. The lowest BCUT2D eigenvalue weighted by Crippen LogP contribution is -2.19. The molecule has 1 aliphatic carbocycles. The predicted molar refractivity (Wildman–Crippen MR) is 79.5 cm³/mol. The van der Waals surface area contributed by atoms with Gasteiger partial charge in [0.2, 0.25) is 5.95 Å². The maximum absolute atomic E-state index is 5.00. The van der Waals surface area contributed by atoms with E-state index in [1.807, 2.05) is 6.92 Å². The highest BCUT2D eigenvalue weighted by Crippen LogP contribution is 2.20. The van der Waals surface area contributed by atoms with E-state index >= 15 is 0 Å². The van der Waals surface area contributed by atoms with Crippen LogP contribution in [0.25, 0.3) is 0 Å². The Kier molecular flexibility index (Phi) is 4.28. The molecule has 0 saturated heterocycles. The number of anilines is 3. The second kappa shape index (κ2) is 6.51. The lowest BCUT2D eigenvalue weighted by molar-refractivity contribution is 0.400. The third-order valence-corrected chi connectivity index (χ3v) is 3.63. The van der Waals surface area contributed by atoms with E-state index in [-0.39, 0.29) is 0 Å². The van der Waals surface area contributed by atoms with Crippen molar-refractivity contribution in [3.8, 4) is 0 Å². The maximum Gasteiger partial charge on any atom is 0.250 e. The van der Waals surface area contributed by atoms with Gasteiger partial charge in [0.1, 0.15) is 5.76 Å². The van der Waals surface area contributed by atoms with E-state index in [9.17, 15) is 0 Å². The highest BCUT2D eigenvalue weighted by molar-refractivity contribution is 5.48. The van der Waals surface area contributed by atoms with Gasteiger partial charge in [0.15, 0.2) is 11.6 Å². The molecule has 7 heteroatoms. The fourth-order valence-corrected chi connectivity index (χ4v) is 2.60. The first-order valence-corrected chi connectivity index (χ1v) is 7.46. The molecule has 0 unspecified atom stereocenters. The summed E-state index contributed by atoms with van der Waals surface area (Å²) in [6.45, 7) is 1.83. The molecule has 21 heavy (non-hydrogen) atoms. The minimum Gasteiger partial charge on any atom is -0.366 e. The molecule has 0 radical (unpaired) electrons. The molecule has 2 aromatic rings. The average Bonchev–Trinajstić information content (AvgIpc) is 2.73. The summed E-state index contributed by atoms with van der Waals surface area (Å²) in [6.07, 6.45) is 9.25. The summed E-state index contributed by atoms with van der Waals surface area (Å²) in [6, 6.07) is 2.26. The Morgan fingerprint density at radius 3 is 2.67 bits per heavy atom. The third-order valence-electron chi connectivity index (χ3n) is 3.63. The second-order valence-corrected chi connectivity index (χ2v) is 5.45. The van der Waals surface area contributed by atoms with Gasteiger partial charge in [-0.05, 0) is 19.8 Å². The number of aromatic nitrogens is 4. The SMILES string of the molecule is Cc1cc(Nc2nncc(NC3CCCCCC3)n2)no1. The first-order chi connectivity index (χ1) is 10.3. The molecule has 1 fully saturated rings. The Labute approximate surface area is 123 Å². The van der Waals surface area contributed by atoms with Crippen LogP contribution >= 0.6 is 0 Å². The van der Waals surface area contributed by atoms with E-state index < -0.39 is 0 Å². The first-order valence-electron chi connectivity index (χ1n) is 7.46. The van der Waals surface area contributed by atoms with Crippen molar-refractivity contribution in [3.63, 3.8) is 0 Å². The summed E-state index contributed by atoms with van der Waals surface area (Å²) in [5, 5.41) is 18.2. The van der Waals surface area contributed by atoms with Gasteiger partial charge >= 0.3 is 0 Å². The largest absolute Gasteiger partial charge is 0.366 e. The average molecular weight is 288 g/mol. The summed E-state index contributed by atoms with van der Waals surface area (Å²) in [4.78, 5) is 4.42. The van der Waals surface area contributed by atoms with Crippen LogP contribution in [-0.2, 0) is 0 Å². The second-order valence-electron chi connectivity index (χ2n) is 5.45. The van der Waals surface area contributed by atoms with Gasteiger partial charge in [0.25, 0.3) is 0 Å². The molecule has 0 bridgehead atoms. The number of nitrogens with one attached hydrogen (secondary N) is 2. The molecular formula is C14H20N6O. The van der Waals surface area contributed by atoms with Crippen LogP contribution in [0.4, 0.5) is 17.6 Å². The molecule has 2 N–H and O–H groups in total. The van der Waals surface area contributed by atoms with Crippen LogP contribution in [-0.4, -0.2) is 26.4 Å². The highest BCUT2D eigenvalue weighted by atomic mass is 16.5. The standard InChI is InChI=1S/C14H20N6O/c1-10-8-12(20-21-10)17-14-18-13(9-15-19-14)16-11-6-4-2-3-5-7-11/h8-9,11H,2-7H2,1H3,(H2,16,17,18,19,20). The van der Waals surface area contributed by atoms with E-state index in [1.165, 1.54) is 38.5 Å². The number of hydrogen-bond donors (Lipinski definition) is 2. The normalized spacial score (nSPS) is 16.4. The number of nitrogens with zero attached hydrogens (tertiary/aromatic N) is 4. The van der Waals surface area contributed by atoms with Gasteiger partial charge in [-0.15, -0.1) is 5.10 Å². The minimum absolute atomic E-state index is 0.418. The molecule has 1 saturated carbocycles. The van der Waals surface area contributed by atoms with Gasteiger partial charge in [-0.25, -0.2) is 0 Å². The molecule has 0 amide bonds. The van der Waals surface area contributed by atoms with Crippen LogP contribution in [0.1, 0.15) is 44.3 Å². The predicted octanol–water partition coefficient (Wildman–Crippen LogP) is 3.05. The van der Waals surface area contributed by atoms with Gasteiger partial charge in [0, 0.05) is 12.1 Å². The van der Waals surface area contributed by atoms with Crippen LogP contribution in [0.5, 0.6) is 0 Å². The number of hydrogen-bond acceptors (Lipinski definition) is 7. The van der Waals surface area contributed by atoms with Crippen molar-refractivity contribution in [2.24, 2.45) is 0 Å². The van der Waals surface area contributed by atoms with Gasteiger partial charge in [-0.1, -0.05) is 30.8 Å². The molecule has 1 aliphatic rings. The van der Waals surface area contributed by atoms with Gasteiger partial charge < -0.3 is 15.2 Å². The molecular weight excluding hydrogens is 268 g/mol. The maximum atomic E-state index is 5.00. The summed E-state index contributed by atoms with van der Waals surface area (Å²) < 4.78 is 5.00. The summed E-state index contributed by atoms with van der Waals surface area (Å²) in [7, 11) is 0. The highest BCUT2D eigenvalue weighted by Gasteiger charge is 2.13. The lowest BCUT2D eigenvalue weighted by atomic mass is 10.1. The Bertz CT molecular complexity index is 576. The molecule has 2 heterocycles. The van der Waals surface area contributed by atoms with Crippen molar-refractivity contribution >= 4 is 17.6 Å². The van der Waals surface area contributed by atoms with Gasteiger partial charge in [0.05, 0.1) is 6.20 Å². The van der Waals surface area contributed by atoms with Crippen molar-refractivity contribution in [1.29, 1.82) is 0 Å². The summed E-state index contributed by atoms with van der Waals surface area (Å²) >= 11 is 0. The van der Waals surface area contributed by atoms with Gasteiger partial charge in [-0.2, -0.15) is 10.1 Å². The molecule has 0 aliphatic heterocycles. The lowest BCUT2D eigenvalue weighted by Gasteiger charge is -2.16. The van der Waals surface area contributed by atoms with Crippen molar-refractivity contribution in [1.82, 2.24) is 20.3 Å². The Balaban J connectivity index is 1.64. The molecule has 0 spiro atoms. The summed E-state index contributed by atoms with van der Waals surface area (Å²) in [5.74, 6) is 2.49. The Hall–Kier alpha value is -2.18. The van der Waals surface area contributed by atoms with E-state index in [2.05, 4.69) is 31.0 Å². The van der Waals surface area contributed by atoms with Crippen LogP contribution in [0, 0.1) is 6.92 Å². The first kappa shape index (κ1) is 13.8. The molecule has 3 rings (SSSR count). The third kappa shape index (κ3) is 3.90. The van der Waals surface area contributed by atoms with Gasteiger partial charge in [-0.3, -0.25) is 0 Å². The van der Waals surface area contributed by atoms with Crippen molar-refractivity contribution in [2.45, 2.75) is 51.5 Å². The van der Waals surface area contributed by atoms with E-state index in [0.29, 0.717) is 17.8 Å². The smallest absolute Gasteiger partial charge is 0.250 e. The quantitative estimate of drug-likeness (QED) is 0.836. The molecule has 2 aromatic heterocycles. The minimum atomic E-state index is 0.418. The van der Waals surface area contributed by atoms with E-state index in [1.54, 1.807) is 12.3 Å². The topological polar surface area (TPSA) is 88.8 Å². The fourth-order valence-electron chi connectivity index (χ4n) is 2.60. The molecule has 112 valence electrons. The van der Waals surface area contributed by atoms with Crippen molar-refractivity contribution in [3.05, 3.63) is 18.0 Å². The van der Waals surface area contributed by atoms with Crippen molar-refractivity contribution in [2.75, 3.05) is 10.6 Å². The zero-order valence-electron chi connectivity index (χ0n) is 12.2. The Morgan fingerprint density at radius 1 is 1.14 bits per heavy atom. The zero-order valence-corrected chi connectivity index (χ0v) is 12.2. The Morgan fingerprint density at radius 2 is 1.95 bits per heavy atom. The summed E-state index contributed by atoms with van der Waals surface area (Å²) in [5.41, 5.74) is 0. The van der Waals surface area contributed by atoms with Crippen LogP contribution in [0.15, 0.2) is 16.8 Å². The monoisotopic (exact) mass is 288 g/mol. The molecule has 7 nitrogen and oxygen atoms in total. The number of aryl methyl sites for hydroxylation is 1.